The summed E-state index contributed by atoms with van der Waals surface area (Å²) in [6.07, 6.45) is 2.59. The molecule has 0 saturated carbocycles. The van der Waals surface area contributed by atoms with E-state index in [2.05, 4.69) is 0 Å². The van der Waals surface area contributed by atoms with E-state index >= 15 is 0 Å². The first-order valence-corrected chi connectivity index (χ1v) is 7.38. The smallest absolute Gasteiger partial charge is 0.243 e. The Hall–Kier alpha value is -1.07. The average molecular weight is 254 g/mol. The van der Waals surface area contributed by atoms with Crippen LogP contribution in [0, 0.1) is 0 Å². The summed E-state index contributed by atoms with van der Waals surface area (Å²) in [5, 5.41) is 0. The number of rotatable bonds is 3. The van der Waals surface area contributed by atoms with Crippen molar-refractivity contribution < 1.29 is 8.42 Å². The first-order valence-electron chi connectivity index (χ1n) is 5.94. The summed E-state index contributed by atoms with van der Waals surface area (Å²) in [6.45, 7) is 3.20. The van der Waals surface area contributed by atoms with Crippen LogP contribution in [-0.2, 0) is 16.4 Å². The van der Waals surface area contributed by atoms with E-state index in [1.54, 1.807) is 22.5 Å². The zero-order valence-electron chi connectivity index (χ0n) is 10.0. The van der Waals surface area contributed by atoms with Crippen molar-refractivity contribution in [2.24, 2.45) is 0 Å². The Balaban J connectivity index is 2.47. The molecule has 94 valence electrons. The second-order valence-electron chi connectivity index (χ2n) is 4.33. The molecule has 0 aromatic heterocycles. The minimum absolute atomic E-state index is 0.377. The molecule has 0 amide bonds. The number of nitrogens with zero attached hydrogens (tertiary/aromatic N) is 1. The highest BCUT2D eigenvalue weighted by Gasteiger charge is 2.28. The van der Waals surface area contributed by atoms with Crippen molar-refractivity contribution in [3.8, 4) is 0 Å². The Morgan fingerprint density at radius 3 is 2.53 bits per heavy atom. The molecule has 0 bridgehead atoms. The molecule has 1 aromatic carbocycles. The predicted octanol–water partition coefficient (Wildman–Crippen LogP) is 1.62. The quantitative estimate of drug-likeness (QED) is 0.834. The molecule has 17 heavy (non-hydrogen) atoms. The van der Waals surface area contributed by atoms with Gasteiger partial charge in [0, 0.05) is 18.8 Å². The Morgan fingerprint density at radius 2 is 1.94 bits per heavy atom. The second-order valence-corrected chi connectivity index (χ2v) is 6.24. The molecule has 1 fully saturated rings. The third-order valence-corrected chi connectivity index (χ3v) is 5.14. The van der Waals surface area contributed by atoms with Gasteiger partial charge >= 0.3 is 0 Å². The van der Waals surface area contributed by atoms with Gasteiger partial charge in [0.2, 0.25) is 10.0 Å². The maximum Gasteiger partial charge on any atom is 0.243 e. The van der Waals surface area contributed by atoms with E-state index in [0.717, 1.165) is 18.4 Å². The van der Waals surface area contributed by atoms with Gasteiger partial charge in [-0.15, -0.1) is 0 Å². The topological polar surface area (TPSA) is 63.4 Å². The first kappa shape index (κ1) is 12.4. The highest BCUT2D eigenvalue weighted by Crippen LogP contribution is 2.25. The molecular formula is C12H18N2O2S. The summed E-state index contributed by atoms with van der Waals surface area (Å²) in [6, 6.07) is 5.13. The predicted molar refractivity (Wildman–Crippen MR) is 68.2 cm³/mol. The van der Waals surface area contributed by atoms with E-state index in [0.29, 0.717) is 30.1 Å². The number of nitrogen functional groups attached to an aromatic ring is 1. The first-order chi connectivity index (χ1) is 8.05. The third-order valence-electron chi connectivity index (χ3n) is 3.15. The van der Waals surface area contributed by atoms with E-state index in [1.807, 2.05) is 6.92 Å². The van der Waals surface area contributed by atoms with E-state index in [1.165, 1.54) is 0 Å². The standard InChI is InChI=1S/C12H18N2O2S/c1-2-10-5-6-11(13)9-12(10)17(15,16)14-7-3-4-8-14/h5-6,9H,2-4,7-8,13H2,1H3. The molecule has 0 radical (unpaired) electrons. The minimum Gasteiger partial charge on any atom is -0.399 e. The molecule has 1 saturated heterocycles. The van der Waals surface area contributed by atoms with E-state index in [-0.39, 0.29) is 0 Å². The van der Waals surface area contributed by atoms with Gasteiger partial charge in [-0.25, -0.2) is 8.42 Å². The number of hydrogen-bond donors (Lipinski definition) is 1. The van der Waals surface area contributed by atoms with Crippen LogP contribution >= 0.6 is 0 Å². The van der Waals surface area contributed by atoms with Crippen molar-refractivity contribution in [1.29, 1.82) is 0 Å². The van der Waals surface area contributed by atoms with Gasteiger partial charge in [-0.3, -0.25) is 0 Å². The highest BCUT2D eigenvalue weighted by atomic mass is 32.2. The van der Waals surface area contributed by atoms with Crippen LogP contribution in [0.1, 0.15) is 25.3 Å². The Labute approximate surface area is 102 Å². The van der Waals surface area contributed by atoms with Crippen molar-refractivity contribution in [3.05, 3.63) is 23.8 Å². The zero-order chi connectivity index (χ0) is 12.5. The van der Waals surface area contributed by atoms with E-state index < -0.39 is 10.0 Å². The van der Waals surface area contributed by atoms with Crippen molar-refractivity contribution in [2.75, 3.05) is 18.8 Å². The van der Waals surface area contributed by atoms with Gasteiger partial charge in [0.15, 0.2) is 0 Å². The third kappa shape index (κ3) is 2.30. The molecular weight excluding hydrogens is 236 g/mol. The number of benzene rings is 1. The van der Waals surface area contributed by atoms with Gasteiger partial charge in [0.1, 0.15) is 0 Å². The lowest BCUT2D eigenvalue weighted by Gasteiger charge is -2.18. The summed E-state index contributed by atoms with van der Waals surface area (Å²) in [5.41, 5.74) is 7.03. The van der Waals surface area contributed by atoms with Crippen molar-refractivity contribution in [2.45, 2.75) is 31.1 Å². The summed E-state index contributed by atoms with van der Waals surface area (Å²) in [5.74, 6) is 0. The maximum absolute atomic E-state index is 12.4. The number of anilines is 1. The number of hydrogen-bond acceptors (Lipinski definition) is 3. The molecule has 5 heteroatoms. The second kappa shape index (κ2) is 4.66. The van der Waals surface area contributed by atoms with Crippen LogP contribution in [0.4, 0.5) is 5.69 Å². The van der Waals surface area contributed by atoms with E-state index in [9.17, 15) is 8.42 Å². The lowest BCUT2D eigenvalue weighted by Crippen LogP contribution is -2.28. The largest absolute Gasteiger partial charge is 0.399 e. The van der Waals surface area contributed by atoms with Gasteiger partial charge in [-0.05, 0) is 37.0 Å². The summed E-state index contributed by atoms with van der Waals surface area (Å²) in [7, 11) is -3.35. The van der Waals surface area contributed by atoms with Crippen LogP contribution in [-0.4, -0.2) is 25.8 Å². The van der Waals surface area contributed by atoms with Gasteiger partial charge in [-0.2, -0.15) is 4.31 Å². The van der Waals surface area contributed by atoms with Crippen molar-refractivity contribution in [3.63, 3.8) is 0 Å². The molecule has 0 atom stereocenters. The lowest BCUT2D eigenvalue weighted by molar-refractivity contribution is 0.476. The monoisotopic (exact) mass is 254 g/mol. The highest BCUT2D eigenvalue weighted by molar-refractivity contribution is 7.89. The molecule has 2 rings (SSSR count). The fourth-order valence-electron chi connectivity index (χ4n) is 2.17. The number of sulfonamides is 1. The van der Waals surface area contributed by atoms with E-state index in [4.69, 9.17) is 5.73 Å². The molecule has 1 aliphatic rings. The molecule has 1 heterocycles. The summed E-state index contributed by atoms with van der Waals surface area (Å²) >= 11 is 0. The molecule has 1 aromatic rings. The van der Waals surface area contributed by atoms with Crippen LogP contribution in [0.2, 0.25) is 0 Å². The Bertz CT molecular complexity index is 505. The Morgan fingerprint density at radius 1 is 1.29 bits per heavy atom. The molecule has 2 N–H and O–H groups in total. The van der Waals surface area contributed by atoms with Gasteiger partial charge in [-0.1, -0.05) is 13.0 Å². The van der Waals surface area contributed by atoms with Crippen LogP contribution in [0.5, 0.6) is 0 Å². The molecule has 0 spiro atoms. The molecule has 0 unspecified atom stereocenters. The lowest BCUT2D eigenvalue weighted by atomic mass is 10.1. The zero-order valence-corrected chi connectivity index (χ0v) is 10.8. The van der Waals surface area contributed by atoms with Gasteiger partial charge < -0.3 is 5.73 Å². The summed E-state index contributed by atoms with van der Waals surface area (Å²) < 4.78 is 26.4. The van der Waals surface area contributed by atoms with Crippen molar-refractivity contribution >= 4 is 15.7 Å². The fourth-order valence-corrected chi connectivity index (χ4v) is 4.02. The van der Waals surface area contributed by atoms with Crippen LogP contribution < -0.4 is 5.73 Å². The SMILES string of the molecule is CCc1ccc(N)cc1S(=O)(=O)N1CCCC1. The van der Waals surface area contributed by atoms with Crippen molar-refractivity contribution in [1.82, 2.24) is 4.31 Å². The number of nitrogens with two attached hydrogens (primary N) is 1. The van der Waals surface area contributed by atoms with Crippen LogP contribution in [0.25, 0.3) is 0 Å². The average Bonchev–Trinajstić information content (AvgIpc) is 2.83. The number of aryl methyl sites for hydroxylation is 1. The summed E-state index contributed by atoms with van der Waals surface area (Å²) in [4.78, 5) is 0.377. The maximum atomic E-state index is 12.4. The van der Waals surface area contributed by atoms with Crippen LogP contribution in [0.15, 0.2) is 23.1 Å². The van der Waals surface area contributed by atoms with Gasteiger partial charge in [0.25, 0.3) is 0 Å². The molecule has 1 aliphatic heterocycles. The molecule has 4 nitrogen and oxygen atoms in total. The van der Waals surface area contributed by atoms with Gasteiger partial charge in [0.05, 0.1) is 4.90 Å². The van der Waals surface area contributed by atoms with Crippen LogP contribution in [0.3, 0.4) is 0 Å². The Kier molecular flexibility index (Phi) is 3.40. The molecule has 0 aliphatic carbocycles. The minimum atomic E-state index is -3.35. The fraction of sp³-hybridized carbons (Fsp3) is 0.500. The normalized spacial score (nSPS) is 17.5.